The number of methoxy groups -OCH3 is 1. The Labute approximate surface area is 73.0 Å². The molecule has 0 heterocycles. The first-order chi connectivity index (χ1) is 4.81. The van der Waals surface area contributed by atoms with Crippen LogP contribution in [0.2, 0.25) is 0 Å². The van der Waals surface area contributed by atoms with Crippen molar-refractivity contribution in [3.8, 4) is 0 Å². The van der Waals surface area contributed by atoms with E-state index in [0.717, 1.165) is 0 Å². The Morgan fingerprint density at radius 3 is 2.60 bits per heavy atom. The van der Waals surface area contributed by atoms with Gasteiger partial charge in [0.25, 0.3) is 0 Å². The summed E-state index contributed by atoms with van der Waals surface area (Å²) >= 11 is 1.91. The van der Waals surface area contributed by atoms with Gasteiger partial charge in [-0.1, -0.05) is 0 Å². The van der Waals surface area contributed by atoms with Crippen LogP contribution in [0.4, 0.5) is 4.79 Å². The summed E-state index contributed by atoms with van der Waals surface area (Å²) in [7, 11) is 1.53. The highest BCUT2D eigenvalue weighted by atomic mass is 127. The van der Waals surface area contributed by atoms with Gasteiger partial charge in [0.15, 0.2) is 0 Å². The van der Waals surface area contributed by atoms with Gasteiger partial charge in [0.2, 0.25) is 0 Å². The molecule has 0 aliphatic rings. The standard InChI is InChI=1S/C5H9IO4/c1-8-2-3-9-5(7)10-4-6/h2-4H2,1H3. The molecule has 0 unspecified atom stereocenters. The van der Waals surface area contributed by atoms with E-state index in [1.807, 2.05) is 22.6 Å². The summed E-state index contributed by atoms with van der Waals surface area (Å²) in [5.74, 6) is 0. The molecule has 0 fully saturated rings. The second-order valence-corrected chi connectivity index (χ2v) is 1.97. The molecule has 0 amide bonds. The minimum atomic E-state index is -0.647. The van der Waals surface area contributed by atoms with Gasteiger partial charge in [-0.15, -0.1) is 0 Å². The van der Waals surface area contributed by atoms with Crippen molar-refractivity contribution in [1.29, 1.82) is 0 Å². The molecule has 0 aromatic carbocycles. The molecule has 0 aliphatic carbocycles. The number of rotatable bonds is 4. The maximum Gasteiger partial charge on any atom is 0.509 e. The van der Waals surface area contributed by atoms with Crippen molar-refractivity contribution in [2.45, 2.75) is 0 Å². The Morgan fingerprint density at radius 2 is 2.10 bits per heavy atom. The Balaban J connectivity index is 3.05. The molecule has 0 bridgehead atoms. The molecule has 0 radical (unpaired) electrons. The second-order valence-electron chi connectivity index (χ2n) is 1.34. The number of alkyl halides is 1. The molecular weight excluding hydrogens is 251 g/mol. The van der Waals surface area contributed by atoms with E-state index in [2.05, 4.69) is 14.2 Å². The maximum atomic E-state index is 10.4. The summed E-state index contributed by atoms with van der Waals surface area (Å²) in [5, 5.41) is 0. The molecule has 0 saturated heterocycles. The van der Waals surface area contributed by atoms with Gasteiger partial charge in [0.1, 0.15) is 11.2 Å². The van der Waals surface area contributed by atoms with Gasteiger partial charge in [-0.3, -0.25) is 0 Å². The highest BCUT2D eigenvalue weighted by Crippen LogP contribution is 1.89. The van der Waals surface area contributed by atoms with Crippen LogP contribution in [0.25, 0.3) is 0 Å². The number of halogens is 1. The van der Waals surface area contributed by atoms with Crippen molar-refractivity contribution in [3.05, 3.63) is 0 Å². The molecule has 0 spiro atoms. The van der Waals surface area contributed by atoms with Crippen LogP contribution in [0.5, 0.6) is 0 Å². The minimum Gasteiger partial charge on any atom is -0.432 e. The van der Waals surface area contributed by atoms with Crippen LogP contribution < -0.4 is 0 Å². The molecule has 0 aromatic rings. The van der Waals surface area contributed by atoms with Crippen LogP contribution in [0.1, 0.15) is 0 Å². The van der Waals surface area contributed by atoms with Crippen molar-refractivity contribution < 1.29 is 19.0 Å². The maximum absolute atomic E-state index is 10.4. The van der Waals surface area contributed by atoms with E-state index in [-0.39, 0.29) is 6.61 Å². The monoisotopic (exact) mass is 260 g/mol. The second kappa shape index (κ2) is 7.07. The molecule has 0 atom stereocenters. The fourth-order valence-electron chi connectivity index (χ4n) is 0.295. The first-order valence-electron chi connectivity index (χ1n) is 2.65. The van der Waals surface area contributed by atoms with Crippen LogP contribution in [0.3, 0.4) is 0 Å². The Morgan fingerprint density at radius 1 is 1.40 bits per heavy atom. The summed E-state index contributed by atoms with van der Waals surface area (Å²) in [6.45, 7) is 0.641. The number of carbonyl (C=O) groups is 1. The van der Waals surface area contributed by atoms with Crippen molar-refractivity contribution in [2.24, 2.45) is 0 Å². The number of hydrogen-bond donors (Lipinski definition) is 0. The van der Waals surface area contributed by atoms with E-state index in [1.54, 1.807) is 0 Å². The third kappa shape index (κ3) is 6.09. The minimum absolute atomic E-state index is 0.242. The zero-order chi connectivity index (χ0) is 7.82. The molecule has 10 heavy (non-hydrogen) atoms. The van der Waals surface area contributed by atoms with E-state index in [1.165, 1.54) is 7.11 Å². The fraction of sp³-hybridized carbons (Fsp3) is 0.800. The first-order valence-corrected chi connectivity index (χ1v) is 4.18. The van der Waals surface area contributed by atoms with Crippen molar-refractivity contribution in [2.75, 3.05) is 24.9 Å². The number of hydrogen-bond acceptors (Lipinski definition) is 4. The van der Waals surface area contributed by atoms with Crippen LogP contribution in [-0.4, -0.2) is 31.1 Å². The zero-order valence-electron chi connectivity index (χ0n) is 5.63. The predicted molar refractivity (Wildman–Crippen MR) is 43.2 cm³/mol. The Kier molecular flexibility index (Phi) is 7.04. The van der Waals surface area contributed by atoms with Gasteiger partial charge >= 0.3 is 6.16 Å². The van der Waals surface area contributed by atoms with E-state index < -0.39 is 6.16 Å². The molecular formula is C5H9IO4. The average molecular weight is 260 g/mol. The SMILES string of the molecule is COCCOC(=O)OCI. The lowest BCUT2D eigenvalue weighted by molar-refractivity contribution is 0.0482. The van der Waals surface area contributed by atoms with Gasteiger partial charge in [0.05, 0.1) is 6.61 Å². The Bertz CT molecular complexity index is 95.6. The lowest BCUT2D eigenvalue weighted by atomic mass is 10.8. The fourth-order valence-corrected chi connectivity index (χ4v) is 0.549. The summed E-state index contributed by atoms with van der Waals surface area (Å²) < 4.78 is 13.9. The summed E-state index contributed by atoms with van der Waals surface area (Å²) in [6.07, 6.45) is -0.647. The Hall–Kier alpha value is -0.0400. The summed E-state index contributed by atoms with van der Waals surface area (Å²) in [5.41, 5.74) is 0. The van der Waals surface area contributed by atoms with E-state index >= 15 is 0 Å². The first kappa shape index (κ1) is 9.96. The molecule has 0 aromatic heterocycles. The van der Waals surface area contributed by atoms with Gasteiger partial charge in [-0.05, 0) is 22.6 Å². The van der Waals surface area contributed by atoms with E-state index in [4.69, 9.17) is 0 Å². The van der Waals surface area contributed by atoms with Crippen LogP contribution in [-0.2, 0) is 14.2 Å². The van der Waals surface area contributed by atoms with Gasteiger partial charge in [-0.2, -0.15) is 0 Å². The van der Waals surface area contributed by atoms with Gasteiger partial charge < -0.3 is 14.2 Å². The molecule has 0 saturated carbocycles. The third-order valence-corrected chi connectivity index (χ3v) is 0.991. The van der Waals surface area contributed by atoms with Crippen molar-refractivity contribution in [3.63, 3.8) is 0 Å². The summed E-state index contributed by atoms with van der Waals surface area (Å²) in [4.78, 5) is 10.4. The van der Waals surface area contributed by atoms with Crippen molar-refractivity contribution in [1.82, 2.24) is 0 Å². The predicted octanol–water partition coefficient (Wildman–Crippen LogP) is 1.18. The number of ether oxygens (including phenoxy) is 3. The molecule has 0 rings (SSSR count). The highest BCUT2D eigenvalue weighted by molar-refractivity contribution is 14.1. The lowest BCUT2D eigenvalue weighted by Crippen LogP contribution is -2.10. The van der Waals surface area contributed by atoms with Crippen molar-refractivity contribution >= 4 is 28.7 Å². The smallest absolute Gasteiger partial charge is 0.432 e. The molecule has 5 heteroatoms. The molecule has 60 valence electrons. The highest BCUT2D eigenvalue weighted by Gasteiger charge is 1.99. The summed E-state index contributed by atoms with van der Waals surface area (Å²) in [6, 6.07) is 0. The van der Waals surface area contributed by atoms with E-state index in [0.29, 0.717) is 11.2 Å². The zero-order valence-corrected chi connectivity index (χ0v) is 7.79. The molecule has 0 N–H and O–H groups in total. The molecule has 0 aliphatic heterocycles. The van der Waals surface area contributed by atoms with E-state index in [9.17, 15) is 4.79 Å². The molecule has 4 nitrogen and oxygen atoms in total. The largest absolute Gasteiger partial charge is 0.509 e. The van der Waals surface area contributed by atoms with Gasteiger partial charge in [-0.25, -0.2) is 4.79 Å². The van der Waals surface area contributed by atoms with Crippen LogP contribution in [0, 0.1) is 0 Å². The third-order valence-electron chi connectivity index (χ3n) is 0.680. The van der Waals surface area contributed by atoms with Crippen LogP contribution >= 0.6 is 22.6 Å². The topological polar surface area (TPSA) is 44.8 Å². The normalized spacial score (nSPS) is 9.00. The number of carbonyl (C=O) groups excluding carboxylic acids is 1. The van der Waals surface area contributed by atoms with Gasteiger partial charge in [0, 0.05) is 7.11 Å². The quantitative estimate of drug-likeness (QED) is 0.329. The average Bonchev–Trinajstić information content (AvgIpc) is 1.89. The lowest BCUT2D eigenvalue weighted by Gasteiger charge is -2.01. The van der Waals surface area contributed by atoms with Crippen LogP contribution in [0.15, 0.2) is 0 Å².